The van der Waals surface area contributed by atoms with Crippen molar-refractivity contribution >= 4 is 11.8 Å². The van der Waals surface area contributed by atoms with Gasteiger partial charge in [-0.3, -0.25) is 0 Å². The Kier molecular flexibility index (Phi) is 4.79. The first-order valence-electron chi connectivity index (χ1n) is 5.91. The summed E-state index contributed by atoms with van der Waals surface area (Å²) in [5.74, 6) is 0. The zero-order chi connectivity index (χ0) is 12.8. The Balaban J connectivity index is 1.91. The topological polar surface area (TPSA) is 26.0 Å². The van der Waals surface area contributed by atoms with E-state index in [4.69, 9.17) is 5.73 Å². The van der Waals surface area contributed by atoms with E-state index < -0.39 is 11.5 Å². The second-order valence-corrected chi connectivity index (χ2v) is 5.29. The quantitative estimate of drug-likeness (QED) is 0.831. The molecule has 0 aliphatic heterocycles. The fraction of sp³-hybridized carbons (Fsp3) is 0.200. The van der Waals surface area contributed by atoms with Gasteiger partial charge in [0.2, 0.25) is 0 Å². The van der Waals surface area contributed by atoms with Gasteiger partial charge in [-0.2, -0.15) is 0 Å². The van der Waals surface area contributed by atoms with Crippen molar-refractivity contribution in [3.05, 3.63) is 66.2 Å². The van der Waals surface area contributed by atoms with Gasteiger partial charge in [-0.05, 0) is 24.1 Å². The van der Waals surface area contributed by atoms with Gasteiger partial charge in [-0.1, -0.05) is 60.3 Å². The highest BCUT2D eigenvalue weighted by Crippen LogP contribution is 2.26. The number of nitrogens with two attached hydrogens (primary N) is 1. The molecule has 0 fully saturated rings. The van der Waals surface area contributed by atoms with Crippen molar-refractivity contribution in [3.8, 4) is 0 Å². The van der Waals surface area contributed by atoms with Gasteiger partial charge in [0.25, 0.3) is 0 Å². The summed E-state index contributed by atoms with van der Waals surface area (Å²) in [7, 11) is 0. The van der Waals surface area contributed by atoms with E-state index in [1.165, 1.54) is 11.8 Å². The van der Waals surface area contributed by atoms with Crippen LogP contribution >= 0.6 is 11.8 Å². The fourth-order valence-corrected chi connectivity index (χ4v) is 2.54. The van der Waals surface area contributed by atoms with E-state index in [0.29, 0.717) is 6.42 Å². The molecule has 1 nitrogen and oxygen atoms in total. The Morgan fingerprint density at radius 2 is 1.50 bits per heavy atom. The molecule has 1 unspecified atom stereocenters. The number of thioether (sulfide) groups is 1. The van der Waals surface area contributed by atoms with E-state index in [0.717, 1.165) is 10.5 Å². The highest BCUT2D eigenvalue weighted by molar-refractivity contribution is 7.99. The Labute approximate surface area is 111 Å². The van der Waals surface area contributed by atoms with Gasteiger partial charge in [0.1, 0.15) is 0 Å². The van der Waals surface area contributed by atoms with Gasteiger partial charge in [-0.25, -0.2) is 4.39 Å². The first kappa shape index (κ1) is 13.1. The van der Waals surface area contributed by atoms with E-state index >= 15 is 0 Å². The normalized spacial score (nSPS) is 14.1. The molecule has 2 atom stereocenters. The zero-order valence-electron chi connectivity index (χ0n) is 10.00. The van der Waals surface area contributed by atoms with Crippen LogP contribution in [0.5, 0.6) is 0 Å². The SMILES string of the molecule is N[C@@H](Cc1ccccc1)C(F)Sc1ccccc1. The molecule has 18 heavy (non-hydrogen) atoms. The van der Waals surface area contributed by atoms with Crippen LogP contribution in [0.15, 0.2) is 65.6 Å². The predicted octanol–water partition coefficient (Wildman–Crippen LogP) is 3.64. The summed E-state index contributed by atoms with van der Waals surface area (Å²) in [5, 5.41) is 0. The molecule has 0 spiro atoms. The summed E-state index contributed by atoms with van der Waals surface area (Å²) in [6.07, 6.45) is 0.557. The Morgan fingerprint density at radius 1 is 0.944 bits per heavy atom. The first-order chi connectivity index (χ1) is 8.75. The third-order valence-corrected chi connectivity index (χ3v) is 3.76. The number of rotatable bonds is 5. The lowest BCUT2D eigenvalue weighted by atomic mass is 10.1. The van der Waals surface area contributed by atoms with E-state index in [-0.39, 0.29) is 0 Å². The van der Waals surface area contributed by atoms with E-state index in [2.05, 4.69) is 0 Å². The van der Waals surface area contributed by atoms with Gasteiger partial charge < -0.3 is 5.73 Å². The minimum atomic E-state index is -1.09. The largest absolute Gasteiger partial charge is 0.324 e. The van der Waals surface area contributed by atoms with E-state index in [1.54, 1.807) is 0 Å². The molecule has 0 aromatic heterocycles. The second kappa shape index (κ2) is 6.57. The van der Waals surface area contributed by atoms with Crippen molar-refractivity contribution in [1.29, 1.82) is 0 Å². The lowest BCUT2D eigenvalue weighted by Crippen LogP contribution is -2.31. The Hall–Kier alpha value is -1.32. The molecule has 0 radical (unpaired) electrons. The maximum absolute atomic E-state index is 14.0. The third-order valence-electron chi connectivity index (χ3n) is 2.64. The number of halogens is 1. The molecule has 0 aliphatic carbocycles. The molecule has 94 valence electrons. The molecule has 0 saturated heterocycles. The van der Waals surface area contributed by atoms with Crippen molar-refractivity contribution in [2.45, 2.75) is 22.9 Å². The van der Waals surface area contributed by atoms with Crippen LogP contribution in [-0.4, -0.2) is 11.5 Å². The van der Waals surface area contributed by atoms with Gasteiger partial charge in [-0.15, -0.1) is 0 Å². The summed E-state index contributed by atoms with van der Waals surface area (Å²) in [6, 6.07) is 18.8. The molecular formula is C15H16FNS. The van der Waals surface area contributed by atoms with Crippen LogP contribution in [0.1, 0.15) is 5.56 Å². The molecule has 0 bridgehead atoms. The van der Waals surface area contributed by atoms with Gasteiger partial charge in [0, 0.05) is 10.9 Å². The van der Waals surface area contributed by atoms with Crippen molar-refractivity contribution in [2.24, 2.45) is 5.73 Å². The molecule has 0 aliphatic rings. The second-order valence-electron chi connectivity index (χ2n) is 4.14. The average Bonchev–Trinajstić information content (AvgIpc) is 2.41. The maximum Gasteiger partial charge on any atom is 0.165 e. The van der Waals surface area contributed by atoms with Gasteiger partial charge in [0.05, 0.1) is 0 Å². The number of alkyl halides is 1. The van der Waals surface area contributed by atoms with Gasteiger partial charge >= 0.3 is 0 Å². The lowest BCUT2D eigenvalue weighted by Gasteiger charge is -2.16. The van der Waals surface area contributed by atoms with E-state index in [9.17, 15) is 4.39 Å². The highest BCUT2D eigenvalue weighted by Gasteiger charge is 2.18. The molecule has 3 heteroatoms. The minimum Gasteiger partial charge on any atom is -0.324 e. The molecule has 0 saturated carbocycles. The monoisotopic (exact) mass is 261 g/mol. The lowest BCUT2D eigenvalue weighted by molar-refractivity contribution is 0.386. The third kappa shape index (κ3) is 3.86. The molecule has 0 heterocycles. The number of hydrogen-bond donors (Lipinski definition) is 1. The molecular weight excluding hydrogens is 245 g/mol. The summed E-state index contributed by atoms with van der Waals surface area (Å²) in [4.78, 5) is 0.911. The van der Waals surface area contributed by atoms with Crippen LogP contribution in [0.4, 0.5) is 4.39 Å². The maximum atomic E-state index is 14.0. The fourth-order valence-electron chi connectivity index (χ4n) is 1.70. The number of benzene rings is 2. The average molecular weight is 261 g/mol. The van der Waals surface area contributed by atoms with Gasteiger partial charge in [0.15, 0.2) is 5.50 Å². The summed E-state index contributed by atoms with van der Waals surface area (Å²) >= 11 is 1.18. The molecule has 2 aromatic rings. The summed E-state index contributed by atoms with van der Waals surface area (Å²) in [6.45, 7) is 0. The summed E-state index contributed by atoms with van der Waals surface area (Å²) < 4.78 is 14.0. The first-order valence-corrected chi connectivity index (χ1v) is 6.79. The predicted molar refractivity (Wildman–Crippen MR) is 75.3 cm³/mol. The van der Waals surface area contributed by atoms with E-state index in [1.807, 2.05) is 60.7 Å². The number of hydrogen-bond acceptors (Lipinski definition) is 2. The van der Waals surface area contributed by atoms with Crippen molar-refractivity contribution in [2.75, 3.05) is 0 Å². The smallest absolute Gasteiger partial charge is 0.165 e. The van der Waals surface area contributed by atoms with Crippen LogP contribution in [0.2, 0.25) is 0 Å². The van der Waals surface area contributed by atoms with Crippen LogP contribution in [-0.2, 0) is 6.42 Å². The van der Waals surface area contributed by atoms with Crippen LogP contribution in [0.25, 0.3) is 0 Å². The molecule has 2 N–H and O–H groups in total. The molecule has 0 amide bonds. The van der Waals surface area contributed by atoms with Crippen molar-refractivity contribution in [3.63, 3.8) is 0 Å². The molecule has 2 rings (SSSR count). The Bertz CT molecular complexity index is 415. The zero-order valence-corrected chi connectivity index (χ0v) is 10.8. The van der Waals surface area contributed by atoms with Crippen molar-refractivity contribution < 1.29 is 4.39 Å². The minimum absolute atomic E-state index is 0.488. The van der Waals surface area contributed by atoms with Crippen LogP contribution in [0.3, 0.4) is 0 Å². The Morgan fingerprint density at radius 3 is 2.11 bits per heavy atom. The summed E-state index contributed by atoms with van der Waals surface area (Å²) in [5.41, 5.74) is 5.88. The van der Waals surface area contributed by atoms with Crippen molar-refractivity contribution in [1.82, 2.24) is 0 Å². The van der Waals surface area contributed by atoms with Crippen LogP contribution < -0.4 is 5.73 Å². The van der Waals surface area contributed by atoms with Crippen LogP contribution in [0, 0.1) is 0 Å². The highest BCUT2D eigenvalue weighted by atomic mass is 32.2. The standard InChI is InChI=1S/C15H16FNS/c16-15(18-13-9-5-2-6-10-13)14(17)11-12-7-3-1-4-8-12/h1-10,14-15H,11,17H2/t14-,15?/m0/s1. The molecule has 2 aromatic carbocycles.